The van der Waals surface area contributed by atoms with Gasteiger partial charge in [-0.15, -0.1) is 0 Å². The van der Waals surface area contributed by atoms with Gasteiger partial charge in [-0.3, -0.25) is 4.90 Å². The van der Waals surface area contributed by atoms with Crippen LogP contribution in [0.4, 0.5) is 11.6 Å². The molecule has 2 N–H and O–H groups in total. The van der Waals surface area contributed by atoms with Crippen molar-refractivity contribution in [2.24, 2.45) is 0 Å². The normalized spacial score (nSPS) is 17.7. The van der Waals surface area contributed by atoms with Crippen LogP contribution in [0.1, 0.15) is 6.92 Å². The van der Waals surface area contributed by atoms with Crippen LogP contribution >= 0.6 is 0 Å². The van der Waals surface area contributed by atoms with Crippen LogP contribution in [0, 0.1) is 6.42 Å². The van der Waals surface area contributed by atoms with Crippen LogP contribution in [0.5, 0.6) is 0 Å². The van der Waals surface area contributed by atoms with Crippen LogP contribution in [-0.2, 0) is 0 Å². The van der Waals surface area contributed by atoms with Gasteiger partial charge in [0.2, 0.25) is 0 Å². The topological polar surface area (TPSA) is 45.4 Å². The van der Waals surface area contributed by atoms with Crippen LogP contribution in [0.25, 0.3) is 0 Å². The molecule has 0 unspecified atom stereocenters. The number of nitrogen functional groups attached to an aromatic ring is 1. The molecular weight excluding hydrogens is 200 g/mol. The van der Waals surface area contributed by atoms with Crippen molar-refractivity contribution < 1.29 is 0 Å². The van der Waals surface area contributed by atoms with Gasteiger partial charge in [0, 0.05) is 32.7 Å². The number of rotatable bonds is 3. The third kappa shape index (κ3) is 2.64. The Hall–Kier alpha value is -1.29. The van der Waals surface area contributed by atoms with Crippen LogP contribution in [0.3, 0.4) is 0 Å². The predicted molar refractivity (Wildman–Crippen MR) is 67.3 cm³/mol. The Bertz CT molecular complexity index is 332. The highest BCUT2D eigenvalue weighted by atomic mass is 15.3. The first kappa shape index (κ1) is 11.2. The summed E-state index contributed by atoms with van der Waals surface area (Å²) in [5.74, 6) is 1.60. The SMILES string of the molecule is C[CH]CN1CCN(c2cccc(N)n2)CC1. The monoisotopic (exact) mass is 219 g/mol. The zero-order valence-corrected chi connectivity index (χ0v) is 9.76. The molecule has 16 heavy (non-hydrogen) atoms. The summed E-state index contributed by atoms with van der Waals surface area (Å²) in [5, 5.41) is 0. The second-order valence-corrected chi connectivity index (χ2v) is 4.12. The highest BCUT2D eigenvalue weighted by Crippen LogP contribution is 2.14. The van der Waals surface area contributed by atoms with E-state index in [2.05, 4.69) is 28.1 Å². The van der Waals surface area contributed by atoms with E-state index < -0.39 is 0 Å². The minimum atomic E-state index is 0.599. The number of piperazine rings is 1. The van der Waals surface area contributed by atoms with Crippen molar-refractivity contribution in [2.75, 3.05) is 43.4 Å². The summed E-state index contributed by atoms with van der Waals surface area (Å²) in [6, 6.07) is 5.81. The van der Waals surface area contributed by atoms with E-state index in [1.165, 1.54) is 0 Å². The summed E-state index contributed by atoms with van der Waals surface area (Å²) in [6.07, 6.45) is 2.20. The molecule has 4 heteroatoms. The number of nitrogens with zero attached hydrogens (tertiary/aromatic N) is 3. The molecule has 0 spiro atoms. The van der Waals surface area contributed by atoms with E-state index in [1.54, 1.807) is 0 Å². The van der Waals surface area contributed by atoms with E-state index in [0.29, 0.717) is 5.82 Å². The fraction of sp³-hybridized carbons (Fsp3) is 0.500. The molecule has 0 amide bonds. The number of anilines is 2. The summed E-state index contributed by atoms with van der Waals surface area (Å²) < 4.78 is 0. The lowest BCUT2D eigenvalue weighted by molar-refractivity contribution is 0.276. The van der Waals surface area contributed by atoms with Crippen LogP contribution < -0.4 is 10.6 Å². The first-order chi connectivity index (χ1) is 7.79. The Morgan fingerprint density at radius 2 is 2.06 bits per heavy atom. The molecule has 1 aromatic rings. The fourth-order valence-corrected chi connectivity index (χ4v) is 2.03. The maximum atomic E-state index is 5.69. The van der Waals surface area contributed by atoms with E-state index in [4.69, 9.17) is 5.73 Å². The summed E-state index contributed by atoms with van der Waals surface area (Å²) in [5.41, 5.74) is 5.69. The van der Waals surface area contributed by atoms with Crippen molar-refractivity contribution in [3.8, 4) is 0 Å². The fourth-order valence-electron chi connectivity index (χ4n) is 2.03. The minimum Gasteiger partial charge on any atom is -0.384 e. The van der Waals surface area contributed by atoms with Gasteiger partial charge in [-0.1, -0.05) is 13.0 Å². The van der Waals surface area contributed by atoms with E-state index >= 15 is 0 Å². The lowest BCUT2D eigenvalue weighted by Gasteiger charge is -2.35. The van der Waals surface area contributed by atoms with E-state index in [0.717, 1.165) is 38.5 Å². The minimum absolute atomic E-state index is 0.599. The number of nitrogens with two attached hydrogens (primary N) is 1. The van der Waals surface area contributed by atoms with Gasteiger partial charge in [-0.05, 0) is 18.6 Å². The molecule has 0 aromatic carbocycles. The second kappa shape index (κ2) is 5.16. The number of aromatic nitrogens is 1. The van der Waals surface area contributed by atoms with E-state index in [1.807, 2.05) is 18.2 Å². The number of pyridine rings is 1. The lowest BCUT2D eigenvalue weighted by atomic mass is 10.3. The highest BCUT2D eigenvalue weighted by molar-refractivity contribution is 5.45. The zero-order chi connectivity index (χ0) is 11.4. The number of hydrogen-bond acceptors (Lipinski definition) is 4. The molecular formula is C12H19N4. The summed E-state index contributed by atoms with van der Waals surface area (Å²) in [6.45, 7) is 7.44. The molecule has 0 aliphatic carbocycles. The maximum absolute atomic E-state index is 5.69. The van der Waals surface area contributed by atoms with Crippen molar-refractivity contribution in [1.82, 2.24) is 9.88 Å². The smallest absolute Gasteiger partial charge is 0.131 e. The average Bonchev–Trinajstić information content (AvgIpc) is 2.30. The van der Waals surface area contributed by atoms with Crippen LogP contribution in [0.2, 0.25) is 0 Å². The van der Waals surface area contributed by atoms with Gasteiger partial charge in [0.25, 0.3) is 0 Å². The molecule has 4 nitrogen and oxygen atoms in total. The van der Waals surface area contributed by atoms with Gasteiger partial charge in [-0.2, -0.15) is 0 Å². The van der Waals surface area contributed by atoms with Crippen molar-refractivity contribution in [2.45, 2.75) is 6.92 Å². The molecule has 2 heterocycles. The van der Waals surface area contributed by atoms with Gasteiger partial charge in [0.1, 0.15) is 11.6 Å². The molecule has 1 fully saturated rings. The molecule has 1 radical (unpaired) electrons. The molecule has 1 aliphatic rings. The number of hydrogen-bond donors (Lipinski definition) is 1. The summed E-state index contributed by atoms with van der Waals surface area (Å²) in [7, 11) is 0. The molecule has 1 saturated heterocycles. The van der Waals surface area contributed by atoms with Crippen molar-refractivity contribution >= 4 is 11.6 Å². The Morgan fingerprint density at radius 3 is 2.69 bits per heavy atom. The molecule has 0 bridgehead atoms. The van der Waals surface area contributed by atoms with Gasteiger partial charge < -0.3 is 10.6 Å². The maximum Gasteiger partial charge on any atom is 0.131 e. The highest BCUT2D eigenvalue weighted by Gasteiger charge is 2.16. The van der Waals surface area contributed by atoms with E-state index in [-0.39, 0.29) is 0 Å². The molecule has 87 valence electrons. The third-order valence-electron chi connectivity index (χ3n) is 2.89. The molecule has 0 atom stereocenters. The van der Waals surface area contributed by atoms with Crippen molar-refractivity contribution in [3.63, 3.8) is 0 Å². The first-order valence-corrected chi connectivity index (χ1v) is 5.77. The molecule has 2 rings (SSSR count). The second-order valence-electron chi connectivity index (χ2n) is 4.12. The van der Waals surface area contributed by atoms with E-state index in [9.17, 15) is 0 Å². The van der Waals surface area contributed by atoms with Crippen molar-refractivity contribution in [1.29, 1.82) is 0 Å². The Balaban J connectivity index is 1.94. The van der Waals surface area contributed by atoms with Crippen LogP contribution in [0.15, 0.2) is 18.2 Å². The van der Waals surface area contributed by atoms with Gasteiger partial charge in [0.05, 0.1) is 0 Å². The Morgan fingerprint density at radius 1 is 1.31 bits per heavy atom. The average molecular weight is 219 g/mol. The summed E-state index contributed by atoms with van der Waals surface area (Å²) in [4.78, 5) is 9.09. The van der Waals surface area contributed by atoms with Crippen LogP contribution in [-0.4, -0.2) is 42.6 Å². The van der Waals surface area contributed by atoms with Gasteiger partial charge in [0.15, 0.2) is 0 Å². The van der Waals surface area contributed by atoms with Gasteiger partial charge >= 0.3 is 0 Å². The quantitative estimate of drug-likeness (QED) is 0.824. The Kier molecular flexibility index (Phi) is 3.62. The summed E-state index contributed by atoms with van der Waals surface area (Å²) >= 11 is 0. The first-order valence-electron chi connectivity index (χ1n) is 5.77. The molecule has 1 aliphatic heterocycles. The van der Waals surface area contributed by atoms with Crippen molar-refractivity contribution in [3.05, 3.63) is 24.6 Å². The predicted octanol–water partition coefficient (Wildman–Crippen LogP) is 1.01. The van der Waals surface area contributed by atoms with Gasteiger partial charge in [-0.25, -0.2) is 4.98 Å². The lowest BCUT2D eigenvalue weighted by Crippen LogP contribution is -2.46. The largest absolute Gasteiger partial charge is 0.384 e. The molecule has 0 saturated carbocycles. The Labute approximate surface area is 97.1 Å². The zero-order valence-electron chi connectivity index (χ0n) is 9.76. The standard InChI is InChI=1S/C12H19N4/c1-2-6-15-7-9-16(10-8-15)12-5-3-4-11(13)14-12/h2-5H,6-10H2,1H3,(H2,13,14). The third-order valence-corrected chi connectivity index (χ3v) is 2.89. The molecule has 1 aromatic heterocycles.